The summed E-state index contributed by atoms with van der Waals surface area (Å²) in [5.74, 6) is -1.55. The lowest BCUT2D eigenvalue weighted by Gasteiger charge is -2.24. The minimum absolute atomic E-state index is 0.104. The van der Waals surface area contributed by atoms with Crippen LogP contribution in [0.25, 0.3) is 0 Å². The SMILES string of the molecule is Cc1cc(C)c(S(=O)(=O)N2CCO[C@H]2CNC(=O)C(=O)NCCCN(C)C)c(C)c1. The van der Waals surface area contributed by atoms with Gasteiger partial charge in [-0.05, 0) is 59.0 Å². The van der Waals surface area contributed by atoms with Crippen LogP contribution in [0.5, 0.6) is 0 Å². The minimum Gasteiger partial charge on any atom is -0.359 e. The molecule has 9 nitrogen and oxygen atoms in total. The average Bonchev–Trinajstić information content (AvgIpc) is 3.11. The first-order valence-corrected chi connectivity index (χ1v) is 11.4. The first kappa shape index (κ1) is 24.3. The molecule has 1 aromatic rings. The van der Waals surface area contributed by atoms with Crippen molar-refractivity contribution in [1.82, 2.24) is 19.8 Å². The Morgan fingerprint density at radius 3 is 2.33 bits per heavy atom. The number of rotatable bonds is 8. The third kappa shape index (κ3) is 6.00. The number of nitrogens with zero attached hydrogens (tertiary/aromatic N) is 2. The molecule has 0 unspecified atom stereocenters. The Bertz CT molecular complexity index is 862. The van der Waals surface area contributed by atoms with Gasteiger partial charge in [0.2, 0.25) is 10.0 Å². The van der Waals surface area contributed by atoms with Crippen LogP contribution in [0.3, 0.4) is 0 Å². The summed E-state index contributed by atoms with van der Waals surface area (Å²) in [7, 11) is 0.0442. The molecule has 1 heterocycles. The van der Waals surface area contributed by atoms with Gasteiger partial charge in [0.15, 0.2) is 0 Å². The van der Waals surface area contributed by atoms with Crippen LogP contribution in [0.4, 0.5) is 0 Å². The predicted molar refractivity (Wildman–Crippen MR) is 113 cm³/mol. The van der Waals surface area contributed by atoms with Gasteiger partial charge in [0.1, 0.15) is 6.23 Å². The van der Waals surface area contributed by atoms with E-state index in [2.05, 4.69) is 10.6 Å². The second kappa shape index (κ2) is 10.3. The van der Waals surface area contributed by atoms with E-state index < -0.39 is 28.1 Å². The summed E-state index contributed by atoms with van der Waals surface area (Å²) in [6, 6.07) is 3.66. The molecular weight excluding hydrogens is 408 g/mol. The molecule has 1 aliphatic rings. The van der Waals surface area contributed by atoms with Crippen LogP contribution in [-0.2, 0) is 24.3 Å². The van der Waals surface area contributed by atoms with Crippen molar-refractivity contribution in [2.45, 2.75) is 38.3 Å². The lowest BCUT2D eigenvalue weighted by molar-refractivity contribution is -0.139. The summed E-state index contributed by atoms with van der Waals surface area (Å²) in [5.41, 5.74) is 2.32. The number of aryl methyl sites for hydroxylation is 3. The monoisotopic (exact) mass is 440 g/mol. The molecule has 0 bridgehead atoms. The molecule has 2 N–H and O–H groups in total. The molecule has 0 radical (unpaired) electrons. The molecule has 0 aromatic heterocycles. The van der Waals surface area contributed by atoms with Crippen LogP contribution in [0.15, 0.2) is 17.0 Å². The number of carbonyl (C=O) groups excluding carboxylic acids is 2. The van der Waals surface area contributed by atoms with Gasteiger partial charge in [-0.1, -0.05) is 17.7 Å². The number of benzene rings is 1. The lowest BCUT2D eigenvalue weighted by atomic mass is 10.1. The second-order valence-electron chi connectivity index (χ2n) is 7.79. The van der Waals surface area contributed by atoms with E-state index in [-0.39, 0.29) is 24.6 Å². The predicted octanol–water partition coefficient (Wildman–Crippen LogP) is 0.143. The van der Waals surface area contributed by atoms with Crippen molar-refractivity contribution >= 4 is 21.8 Å². The normalized spacial score (nSPS) is 17.3. The first-order chi connectivity index (χ1) is 14.0. The Hall–Kier alpha value is -2.01. The van der Waals surface area contributed by atoms with Crippen LogP contribution < -0.4 is 10.6 Å². The lowest BCUT2D eigenvalue weighted by Crippen LogP contribution is -2.47. The van der Waals surface area contributed by atoms with Crippen molar-refractivity contribution in [3.05, 3.63) is 28.8 Å². The Balaban J connectivity index is 1.99. The van der Waals surface area contributed by atoms with Gasteiger partial charge >= 0.3 is 11.8 Å². The Morgan fingerprint density at radius 1 is 1.13 bits per heavy atom. The topological polar surface area (TPSA) is 108 Å². The molecule has 10 heteroatoms. The van der Waals surface area contributed by atoms with Crippen LogP contribution in [-0.4, -0.2) is 82.5 Å². The molecule has 1 aliphatic heterocycles. The van der Waals surface area contributed by atoms with Gasteiger partial charge in [-0.25, -0.2) is 8.42 Å². The van der Waals surface area contributed by atoms with E-state index in [1.54, 1.807) is 13.8 Å². The smallest absolute Gasteiger partial charge is 0.309 e. The van der Waals surface area contributed by atoms with Gasteiger partial charge in [0, 0.05) is 13.1 Å². The van der Waals surface area contributed by atoms with Crippen LogP contribution in [0.1, 0.15) is 23.1 Å². The molecule has 168 valence electrons. The maximum absolute atomic E-state index is 13.3. The second-order valence-corrected chi connectivity index (χ2v) is 9.62. The third-order valence-corrected chi connectivity index (χ3v) is 7.02. The fourth-order valence-corrected chi connectivity index (χ4v) is 5.50. The molecule has 0 spiro atoms. The van der Waals surface area contributed by atoms with Gasteiger partial charge in [-0.3, -0.25) is 9.59 Å². The fraction of sp³-hybridized carbons (Fsp3) is 0.600. The number of amides is 2. The highest BCUT2D eigenvalue weighted by atomic mass is 32.2. The first-order valence-electron chi connectivity index (χ1n) is 9.96. The molecule has 1 atom stereocenters. The number of hydrogen-bond donors (Lipinski definition) is 2. The van der Waals surface area contributed by atoms with E-state index in [9.17, 15) is 18.0 Å². The summed E-state index contributed by atoms with van der Waals surface area (Å²) in [6.07, 6.45) is -0.139. The van der Waals surface area contributed by atoms with Crippen molar-refractivity contribution in [1.29, 1.82) is 0 Å². The molecule has 2 rings (SSSR count). The summed E-state index contributed by atoms with van der Waals surface area (Å²) in [5, 5.41) is 5.02. The maximum atomic E-state index is 13.3. The number of nitrogens with one attached hydrogen (secondary N) is 2. The number of carbonyl (C=O) groups is 2. The van der Waals surface area contributed by atoms with Gasteiger partial charge < -0.3 is 20.3 Å². The zero-order valence-electron chi connectivity index (χ0n) is 18.3. The van der Waals surface area contributed by atoms with E-state index in [0.717, 1.165) is 18.5 Å². The van der Waals surface area contributed by atoms with E-state index >= 15 is 0 Å². The molecule has 1 aromatic carbocycles. The van der Waals surface area contributed by atoms with Gasteiger partial charge in [-0.15, -0.1) is 0 Å². The summed E-state index contributed by atoms with van der Waals surface area (Å²) < 4.78 is 33.3. The molecule has 1 saturated heterocycles. The Labute approximate surface area is 178 Å². The molecule has 30 heavy (non-hydrogen) atoms. The van der Waals surface area contributed by atoms with E-state index in [1.807, 2.05) is 38.1 Å². The molecule has 0 aliphatic carbocycles. The number of hydrogen-bond acceptors (Lipinski definition) is 6. The largest absolute Gasteiger partial charge is 0.359 e. The van der Waals surface area contributed by atoms with E-state index in [4.69, 9.17) is 4.74 Å². The van der Waals surface area contributed by atoms with Crippen LogP contribution in [0, 0.1) is 20.8 Å². The standard InChI is InChI=1S/C20H32N4O5S/c1-14-11-15(2)18(16(3)12-14)30(27,28)24-9-10-29-17(24)13-22-20(26)19(25)21-7-6-8-23(4)5/h11-12,17H,6-10,13H2,1-5H3,(H,21,25)(H,22,26)/t17-/m0/s1. The van der Waals surface area contributed by atoms with Gasteiger partial charge in [-0.2, -0.15) is 4.31 Å². The molecule has 1 fully saturated rings. The maximum Gasteiger partial charge on any atom is 0.309 e. The molecular formula is C20H32N4O5S. The summed E-state index contributed by atoms with van der Waals surface area (Å²) in [6.45, 7) is 6.93. The summed E-state index contributed by atoms with van der Waals surface area (Å²) >= 11 is 0. The average molecular weight is 441 g/mol. The highest BCUT2D eigenvalue weighted by Gasteiger charge is 2.38. The number of ether oxygens (including phenoxy) is 1. The zero-order chi connectivity index (χ0) is 22.5. The van der Waals surface area contributed by atoms with Gasteiger partial charge in [0.25, 0.3) is 0 Å². The third-order valence-electron chi connectivity index (χ3n) is 4.83. The highest BCUT2D eigenvalue weighted by molar-refractivity contribution is 7.89. The highest BCUT2D eigenvalue weighted by Crippen LogP contribution is 2.28. The van der Waals surface area contributed by atoms with Crippen molar-refractivity contribution in [2.24, 2.45) is 0 Å². The Morgan fingerprint density at radius 2 is 1.73 bits per heavy atom. The number of sulfonamides is 1. The minimum atomic E-state index is -3.81. The van der Waals surface area contributed by atoms with Crippen molar-refractivity contribution in [3.8, 4) is 0 Å². The quantitative estimate of drug-likeness (QED) is 0.440. The zero-order valence-corrected chi connectivity index (χ0v) is 19.1. The van der Waals surface area contributed by atoms with Crippen molar-refractivity contribution < 1.29 is 22.7 Å². The van der Waals surface area contributed by atoms with Crippen LogP contribution >= 0.6 is 0 Å². The van der Waals surface area contributed by atoms with E-state index in [1.165, 1.54) is 4.31 Å². The van der Waals surface area contributed by atoms with Crippen molar-refractivity contribution in [3.63, 3.8) is 0 Å². The van der Waals surface area contributed by atoms with Crippen LogP contribution in [0.2, 0.25) is 0 Å². The molecule has 0 saturated carbocycles. The van der Waals surface area contributed by atoms with Crippen molar-refractivity contribution in [2.75, 3.05) is 46.9 Å². The van der Waals surface area contributed by atoms with Gasteiger partial charge in [0.05, 0.1) is 18.0 Å². The summed E-state index contributed by atoms with van der Waals surface area (Å²) in [4.78, 5) is 26.2. The Kier molecular flexibility index (Phi) is 8.36. The van der Waals surface area contributed by atoms with E-state index in [0.29, 0.717) is 17.7 Å². The fourth-order valence-electron chi connectivity index (χ4n) is 3.57. The molecule has 2 amide bonds.